The summed E-state index contributed by atoms with van der Waals surface area (Å²) in [6.07, 6.45) is 2.60. The molecule has 0 bridgehead atoms. The van der Waals surface area contributed by atoms with E-state index in [4.69, 9.17) is 0 Å². The van der Waals surface area contributed by atoms with Crippen LogP contribution in [0.15, 0.2) is 41.8 Å². The standard InChI is InChI=1S/C23H30N4O2S/c1-25(2)20-11-14-27(16-20)19-7-5-18(6-8-19)24-22(28)17-9-12-26(13-10-17)23(29)21-4-3-15-30-21/h3-8,15,17,20H,9-14,16H2,1-2H3,(H,24,28). The number of rotatable bonds is 5. The van der Waals surface area contributed by atoms with Crippen molar-refractivity contribution in [2.45, 2.75) is 25.3 Å². The molecular formula is C23H30N4O2S. The molecule has 1 aromatic carbocycles. The van der Waals surface area contributed by atoms with Crippen LogP contribution < -0.4 is 10.2 Å². The number of likely N-dealkylation sites (tertiary alicyclic amines) is 1. The summed E-state index contributed by atoms with van der Waals surface area (Å²) in [4.78, 5) is 32.5. The zero-order valence-corrected chi connectivity index (χ0v) is 18.5. The van der Waals surface area contributed by atoms with Gasteiger partial charge in [-0.25, -0.2) is 0 Å². The number of carbonyl (C=O) groups is 2. The van der Waals surface area contributed by atoms with Gasteiger partial charge in [0, 0.05) is 49.5 Å². The molecule has 0 saturated carbocycles. The number of nitrogens with one attached hydrogen (secondary N) is 1. The van der Waals surface area contributed by atoms with Gasteiger partial charge in [0.25, 0.3) is 5.91 Å². The van der Waals surface area contributed by atoms with Crippen LogP contribution in [0.4, 0.5) is 11.4 Å². The fourth-order valence-corrected chi connectivity index (χ4v) is 4.99. The highest BCUT2D eigenvalue weighted by molar-refractivity contribution is 7.12. The Kier molecular flexibility index (Phi) is 6.39. The van der Waals surface area contributed by atoms with E-state index in [1.807, 2.05) is 34.5 Å². The predicted octanol–water partition coefficient (Wildman–Crippen LogP) is 3.38. The summed E-state index contributed by atoms with van der Waals surface area (Å²) in [5, 5.41) is 4.98. The maximum Gasteiger partial charge on any atom is 0.263 e. The Morgan fingerprint density at radius 1 is 1.03 bits per heavy atom. The predicted molar refractivity (Wildman–Crippen MR) is 122 cm³/mol. The smallest absolute Gasteiger partial charge is 0.263 e. The number of likely N-dealkylation sites (N-methyl/N-ethyl adjacent to an activating group) is 1. The van der Waals surface area contributed by atoms with E-state index in [0.717, 1.165) is 23.7 Å². The molecule has 2 fully saturated rings. The number of piperidine rings is 1. The lowest BCUT2D eigenvalue weighted by Gasteiger charge is -2.31. The molecule has 1 aromatic heterocycles. The molecule has 0 spiro atoms. The average molecular weight is 427 g/mol. The zero-order chi connectivity index (χ0) is 21.1. The lowest BCUT2D eigenvalue weighted by atomic mass is 9.95. The molecule has 7 heteroatoms. The van der Waals surface area contributed by atoms with Crippen LogP contribution in [0.1, 0.15) is 28.9 Å². The van der Waals surface area contributed by atoms with Crippen LogP contribution in [0, 0.1) is 5.92 Å². The van der Waals surface area contributed by atoms with E-state index in [1.165, 1.54) is 23.4 Å². The Morgan fingerprint density at radius 3 is 2.37 bits per heavy atom. The first-order chi connectivity index (χ1) is 14.5. The van der Waals surface area contributed by atoms with Gasteiger partial charge in [-0.15, -0.1) is 11.3 Å². The van der Waals surface area contributed by atoms with E-state index in [1.54, 1.807) is 0 Å². The first kappa shape index (κ1) is 20.9. The maximum atomic E-state index is 12.7. The second-order valence-corrected chi connectivity index (χ2v) is 9.38. The summed E-state index contributed by atoms with van der Waals surface area (Å²) in [6.45, 7) is 3.38. The minimum absolute atomic E-state index is 0.0449. The Labute approximate surface area is 182 Å². The van der Waals surface area contributed by atoms with Gasteiger partial charge in [-0.3, -0.25) is 9.59 Å². The summed E-state index contributed by atoms with van der Waals surface area (Å²) in [7, 11) is 4.27. The van der Waals surface area contributed by atoms with Crippen LogP contribution in [0.2, 0.25) is 0 Å². The van der Waals surface area contributed by atoms with Gasteiger partial charge in [0.1, 0.15) is 0 Å². The molecule has 160 valence electrons. The third-order valence-electron chi connectivity index (χ3n) is 6.28. The van der Waals surface area contributed by atoms with E-state index >= 15 is 0 Å². The molecule has 2 amide bonds. The fourth-order valence-electron chi connectivity index (χ4n) is 4.30. The second-order valence-electron chi connectivity index (χ2n) is 8.43. The SMILES string of the molecule is CN(C)C1CCN(c2ccc(NC(=O)C3CCN(C(=O)c4cccs4)CC3)cc2)C1. The van der Waals surface area contributed by atoms with Crippen molar-refractivity contribution in [2.24, 2.45) is 5.92 Å². The molecule has 2 saturated heterocycles. The van der Waals surface area contributed by atoms with Crippen molar-refractivity contribution in [1.29, 1.82) is 0 Å². The maximum absolute atomic E-state index is 12.7. The van der Waals surface area contributed by atoms with E-state index in [2.05, 4.69) is 41.3 Å². The third-order valence-corrected chi connectivity index (χ3v) is 7.14. The zero-order valence-electron chi connectivity index (χ0n) is 17.7. The Balaban J connectivity index is 1.27. The van der Waals surface area contributed by atoms with Crippen LogP contribution in [-0.2, 0) is 4.79 Å². The van der Waals surface area contributed by atoms with Gasteiger partial charge in [-0.05, 0) is 69.1 Å². The highest BCUT2D eigenvalue weighted by atomic mass is 32.1. The van der Waals surface area contributed by atoms with E-state index in [0.29, 0.717) is 32.0 Å². The van der Waals surface area contributed by atoms with Gasteiger partial charge in [-0.2, -0.15) is 0 Å². The van der Waals surface area contributed by atoms with Gasteiger partial charge < -0.3 is 20.0 Å². The normalized spacial score (nSPS) is 20.0. The quantitative estimate of drug-likeness (QED) is 0.796. The molecule has 30 heavy (non-hydrogen) atoms. The molecule has 2 aromatic rings. The van der Waals surface area contributed by atoms with E-state index in [-0.39, 0.29) is 17.7 Å². The van der Waals surface area contributed by atoms with E-state index < -0.39 is 0 Å². The number of carbonyl (C=O) groups excluding carboxylic acids is 2. The average Bonchev–Trinajstić information content (AvgIpc) is 3.46. The first-order valence-corrected chi connectivity index (χ1v) is 11.5. The molecular weight excluding hydrogens is 396 g/mol. The number of nitrogens with zero attached hydrogens (tertiary/aromatic N) is 3. The van der Waals surface area contributed by atoms with Gasteiger partial charge >= 0.3 is 0 Å². The number of anilines is 2. The Morgan fingerprint density at radius 2 is 1.77 bits per heavy atom. The molecule has 0 radical (unpaired) electrons. The van der Waals surface area contributed by atoms with Crippen LogP contribution in [-0.4, -0.2) is 67.9 Å². The lowest BCUT2D eigenvalue weighted by molar-refractivity contribution is -0.121. The van der Waals surface area contributed by atoms with Crippen molar-refractivity contribution in [2.75, 3.05) is 50.5 Å². The van der Waals surface area contributed by atoms with Gasteiger partial charge in [0.2, 0.25) is 5.91 Å². The van der Waals surface area contributed by atoms with Gasteiger partial charge in [-0.1, -0.05) is 6.07 Å². The van der Waals surface area contributed by atoms with Crippen molar-refractivity contribution in [3.63, 3.8) is 0 Å². The number of amides is 2. The summed E-state index contributed by atoms with van der Waals surface area (Å²) in [6, 6.07) is 12.5. The summed E-state index contributed by atoms with van der Waals surface area (Å²) in [5.74, 6) is 0.0918. The molecule has 2 aliphatic rings. The monoisotopic (exact) mass is 426 g/mol. The minimum Gasteiger partial charge on any atom is -0.370 e. The minimum atomic E-state index is -0.0449. The second kappa shape index (κ2) is 9.18. The highest BCUT2D eigenvalue weighted by Gasteiger charge is 2.28. The number of benzene rings is 1. The van der Waals surface area contributed by atoms with Crippen molar-refractivity contribution in [3.8, 4) is 0 Å². The van der Waals surface area contributed by atoms with Crippen molar-refractivity contribution >= 4 is 34.5 Å². The molecule has 1 atom stereocenters. The fraction of sp³-hybridized carbons (Fsp3) is 0.478. The summed E-state index contributed by atoms with van der Waals surface area (Å²) < 4.78 is 0. The van der Waals surface area contributed by atoms with Crippen molar-refractivity contribution < 1.29 is 9.59 Å². The third kappa shape index (κ3) is 4.68. The number of hydrogen-bond donors (Lipinski definition) is 1. The van der Waals surface area contributed by atoms with E-state index in [9.17, 15) is 9.59 Å². The van der Waals surface area contributed by atoms with Crippen molar-refractivity contribution in [3.05, 3.63) is 46.7 Å². The first-order valence-electron chi connectivity index (χ1n) is 10.7. The highest BCUT2D eigenvalue weighted by Crippen LogP contribution is 2.25. The van der Waals surface area contributed by atoms with Crippen LogP contribution >= 0.6 is 11.3 Å². The molecule has 0 aliphatic carbocycles. The van der Waals surface area contributed by atoms with Crippen molar-refractivity contribution in [1.82, 2.24) is 9.80 Å². The van der Waals surface area contributed by atoms with Crippen LogP contribution in [0.3, 0.4) is 0 Å². The van der Waals surface area contributed by atoms with Gasteiger partial charge in [0.05, 0.1) is 4.88 Å². The largest absolute Gasteiger partial charge is 0.370 e. The summed E-state index contributed by atoms with van der Waals surface area (Å²) in [5.41, 5.74) is 2.04. The molecule has 3 heterocycles. The Bertz CT molecular complexity index is 858. The topological polar surface area (TPSA) is 55.9 Å². The Hall–Kier alpha value is -2.38. The van der Waals surface area contributed by atoms with Crippen LogP contribution in [0.5, 0.6) is 0 Å². The number of thiophene rings is 1. The lowest BCUT2D eigenvalue weighted by Crippen LogP contribution is -2.41. The number of hydrogen-bond acceptors (Lipinski definition) is 5. The molecule has 2 aliphatic heterocycles. The van der Waals surface area contributed by atoms with Crippen LogP contribution in [0.25, 0.3) is 0 Å². The summed E-state index contributed by atoms with van der Waals surface area (Å²) >= 11 is 1.47. The molecule has 4 rings (SSSR count). The molecule has 1 unspecified atom stereocenters. The van der Waals surface area contributed by atoms with Gasteiger partial charge in [0.15, 0.2) is 0 Å². The molecule has 6 nitrogen and oxygen atoms in total. The molecule has 1 N–H and O–H groups in total.